The van der Waals surface area contributed by atoms with E-state index in [1.165, 1.54) is 11.1 Å². The van der Waals surface area contributed by atoms with Crippen molar-refractivity contribution < 1.29 is 8.83 Å². The Bertz CT molecular complexity index is 2860. The third kappa shape index (κ3) is 5.22. The summed E-state index contributed by atoms with van der Waals surface area (Å²) < 4.78 is 13.0. The molecule has 52 heavy (non-hydrogen) atoms. The van der Waals surface area contributed by atoms with E-state index in [2.05, 4.69) is 78.9 Å². The van der Waals surface area contributed by atoms with E-state index in [4.69, 9.17) is 28.8 Å². The normalized spacial score (nSPS) is 11.5. The second-order valence-corrected chi connectivity index (χ2v) is 12.6. The lowest BCUT2D eigenvalue weighted by atomic mass is 9.99. The third-order valence-corrected chi connectivity index (χ3v) is 9.40. The Morgan fingerprint density at radius 1 is 0.346 bits per heavy atom. The molecule has 0 bridgehead atoms. The van der Waals surface area contributed by atoms with Crippen LogP contribution in [0.3, 0.4) is 0 Å². The first-order valence-electron chi connectivity index (χ1n) is 17.1. The average molecular weight is 669 g/mol. The molecule has 0 unspecified atom stereocenters. The molecule has 0 N–H and O–H groups in total. The number of hydrogen-bond donors (Lipinski definition) is 0. The van der Waals surface area contributed by atoms with Gasteiger partial charge in [0.15, 0.2) is 23.1 Å². The Labute approximate surface area is 298 Å². The summed E-state index contributed by atoms with van der Waals surface area (Å²) in [5.74, 6) is 2.10. The van der Waals surface area contributed by atoms with Gasteiger partial charge in [-0.3, -0.25) is 0 Å². The Kier molecular flexibility index (Phi) is 7.03. The Morgan fingerprint density at radius 3 is 1.42 bits per heavy atom. The molecule has 6 nitrogen and oxygen atoms in total. The number of nitrogens with zero attached hydrogens (tertiary/aromatic N) is 4. The van der Waals surface area contributed by atoms with Crippen LogP contribution in [0.5, 0.6) is 0 Å². The maximum absolute atomic E-state index is 6.61. The molecule has 0 aliphatic heterocycles. The zero-order valence-electron chi connectivity index (χ0n) is 27.8. The van der Waals surface area contributed by atoms with E-state index in [0.717, 1.165) is 44.2 Å². The fourth-order valence-electron chi connectivity index (χ4n) is 6.82. The summed E-state index contributed by atoms with van der Waals surface area (Å²) in [5, 5.41) is 1.81. The molecule has 3 heterocycles. The molecule has 6 heteroatoms. The topological polar surface area (TPSA) is 77.8 Å². The van der Waals surface area contributed by atoms with Crippen LogP contribution in [-0.2, 0) is 0 Å². The number of rotatable bonds is 6. The van der Waals surface area contributed by atoms with Crippen molar-refractivity contribution in [3.05, 3.63) is 170 Å². The van der Waals surface area contributed by atoms with Gasteiger partial charge in [0.2, 0.25) is 5.89 Å². The summed E-state index contributed by atoms with van der Waals surface area (Å²) in [6.45, 7) is 0. The van der Waals surface area contributed by atoms with Crippen molar-refractivity contribution >= 4 is 33.0 Å². The molecule has 0 radical (unpaired) electrons. The first-order valence-corrected chi connectivity index (χ1v) is 17.1. The van der Waals surface area contributed by atoms with Gasteiger partial charge in [0.05, 0.1) is 5.56 Å². The van der Waals surface area contributed by atoms with Crippen LogP contribution >= 0.6 is 0 Å². The number of oxazole rings is 1. The van der Waals surface area contributed by atoms with E-state index in [9.17, 15) is 0 Å². The molecule has 0 saturated heterocycles. The van der Waals surface area contributed by atoms with Crippen LogP contribution in [0.1, 0.15) is 0 Å². The summed E-state index contributed by atoms with van der Waals surface area (Å²) in [6, 6.07) is 57.2. The van der Waals surface area contributed by atoms with Gasteiger partial charge in [-0.15, -0.1) is 0 Å². The van der Waals surface area contributed by atoms with Gasteiger partial charge in [-0.05, 0) is 40.5 Å². The highest BCUT2D eigenvalue weighted by Gasteiger charge is 2.24. The minimum absolute atomic E-state index is 0.474. The van der Waals surface area contributed by atoms with Crippen LogP contribution in [-0.4, -0.2) is 19.9 Å². The highest BCUT2D eigenvalue weighted by molar-refractivity contribution is 6.18. The van der Waals surface area contributed by atoms with E-state index in [1.54, 1.807) is 0 Å². The Morgan fingerprint density at radius 2 is 0.808 bits per heavy atom. The Hall–Kier alpha value is -7.18. The fourth-order valence-corrected chi connectivity index (χ4v) is 6.82. The highest BCUT2D eigenvalue weighted by Crippen LogP contribution is 2.42. The van der Waals surface area contributed by atoms with E-state index >= 15 is 0 Å². The average Bonchev–Trinajstić information content (AvgIpc) is 3.82. The molecule has 0 aliphatic rings. The van der Waals surface area contributed by atoms with E-state index < -0.39 is 0 Å². The standard InChI is InChI=1S/C46H28N4O2/c1-4-12-29(13-5-1)30-20-22-31(23-21-30)32-24-26-34(27-25-32)44-48-43(33-14-6-2-7-15-33)49-45(50-44)41-40-36-18-10-11-19-38(36)51-39(40)28-37-42(41)52-46(47-37)35-16-8-3-9-17-35/h1-28H. The molecule has 0 atom stereocenters. The first-order chi connectivity index (χ1) is 25.7. The number of fused-ring (bicyclic) bond motifs is 4. The van der Waals surface area contributed by atoms with Crippen molar-refractivity contribution in [2.24, 2.45) is 0 Å². The summed E-state index contributed by atoms with van der Waals surface area (Å²) in [6.07, 6.45) is 0. The van der Waals surface area contributed by atoms with Gasteiger partial charge in [-0.1, -0.05) is 146 Å². The van der Waals surface area contributed by atoms with Crippen molar-refractivity contribution in [1.82, 2.24) is 19.9 Å². The van der Waals surface area contributed by atoms with Crippen molar-refractivity contribution in [3.8, 4) is 67.9 Å². The predicted octanol–water partition coefficient (Wildman–Crippen LogP) is 11.9. The van der Waals surface area contributed by atoms with Crippen molar-refractivity contribution in [3.63, 3.8) is 0 Å². The molecule has 3 aromatic heterocycles. The van der Waals surface area contributed by atoms with Crippen LogP contribution in [0.25, 0.3) is 101 Å². The van der Waals surface area contributed by atoms with Gasteiger partial charge in [0.25, 0.3) is 0 Å². The summed E-state index contributed by atoms with van der Waals surface area (Å²) >= 11 is 0. The van der Waals surface area contributed by atoms with Gasteiger partial charge in [0.1, 0.15) is 16.7 Å². The van der Waals surface area contributed by atoms with Gasteiger partial charge < -0.3 is 8.83 Å². The molecule has 244 valence electrons. The molecule has 0 spiro atoms. The maximum Gasteiger partial charge on any atom is 0.227 e. The van der Waals surface area contributed by atoms with Crippen LogP contribution in [0.15, 0.2) is 179 Å². The van der Waals surface area contributed by atoms with Gasteiger partial charge in [-0.2, -0.15) is 0 Å². The van der Waals surface area contributed by atoms with Crippen molar-refractivity contribution in [1.29, 1.82) is 0 Å². The maximum atomic E-state index is 6.61. The number of hydrogen-bond acceptors (Lipinski definition) is 6. The largest absolute Gasteiger partial charge is 0.456 e. The van der Waals surface area contributed by atoms with Crippen LogP contribution in [0.4, 0.5) is 0 Å². The lowest BCUT2D eigenvalue weighted by Crippen LogP contribution is -2.00. The number of aromatic nitrogens is 4. The van der Waals surface area contributed by atoms with Gasteiger partial charge in [-0.25, -0.2) is 19.9 Å². The summed E-state index contributed by atoms with van der Waals surface area (Å²) in [5.41, 5.74) is 10.6. The van der Waals surface area contributed by atoms with Crippen LogP contribution < -0.4 is 0 Å². The third-order valence-electron chi connectivity index (χ3n) is 9.40. The smallest absolute Gasteiger partial charge is 0.227 e. The molecular formula is C46H28N4O2. The SMILES string of the molecule is c1ccc(-c2ccc(-c3ccc(-c4nc(-c5ccccc5)nc(-c5c6oc(-c7ccccc7)nc6cc6oc7ccccc7c56)n4)cc3)cc2)cc1. The van der Waals surface area contributed by atoms with E-state index in [0.29, 0.717) is 45.6 Å². The zero-order valence-corrected chi connectivity index (χ0v) is 27.8. The lowest BCUT2D eigenvalue weighted by Gasteiger charge is -2.10. The minimum Gasteiger partial charge on any atom is -0.456 e. The molecule has 10 rings (SSSR count). The number of benzene rings is 7. The quantitative estimate of drug-likeness (QED) is 0.175. The summed E-state index contributed by atoms with van der Waals surface area (Å²) in [4.78, 5) is 20.2. The van der Waals surface area contributed by atoms with Crippen LogP contribution in [0.2, 0.25) is 0 Å². The van der Waals surface area contributed by atoms with Crippen molar-refractivity contribution in [2.45, 2.75) is 0 Å². The second kappa shape index (κ2) is 12.3. The molecular weight excluding hydrogens is 641 g/mol. The monoisotopic (exact) mass is 668 g/mol. The minimum atomic E-state index is 0.474. The highest BCUT2D eigenvalue weighted by atomic mass is 16.4. The second-order valence-electron chi connectivity index (χ2n) is 12.6. The molecule has 0 aliphatic carbocycles. The predicted molar refractivity (Wildman–Crippen MR) is 207 cm³/mol. The fraction of sp³-hybridized carbons (Fsp3) is 0. The first kappa shape index (κ1) is 29.7. The molecule has 0 saturated carbocycles. The molecule has 0 fully saturated rings. The van der Waals surface area contributed by atoms with Gasteiger partial charge in [0, 0.05) is 33.5 Å². The van der Waals surface area contributed by atoms with E-state index in [1.807, 2.05) is 91.0 Å². The molecule has 0 amide bonds. The lowest BCUT2D eigenvalue weighted by molar-refractivity contribution is 0.620. The van der Waals surface area contributed by atoms with Gasteiger partial charge >= 0.3 is 0 Å². The molecule has 7 aromatic carbocycles. The zero-order chi connectivity index (χ0) is 34.4. The summed E-state index contributed by atoms with van der Waals surface area (Å²) in [7, 11) is 0. The number of furan rings is 1. The van der Waals surface area contributed by atoms with Crippen molar-refractivity contribution in [2.75, 3.05) is 0 Å². The Balaban J connectivity index is 1.15. The van der Waals surface area contributed by atoms with Crippen LogP contribution in [0, 0.1) is 0 Å². The van der Waals surface area contributed by atoms with E-state index in [-0.39, 0.29) is 0 Å². The molecule has 10 aromatic rings. The number of para-hydroxylation sites is 1.